The van der Waals surface area contributed by atoms with Crippen molar-refractivity contribution in [1.82, 2.24) is 0 Å². The fraction of sp³-hybridized carbons (Fsp3) is 0.800. The molecule has 0 spiro atoms. The number of rotatable bonds is 6. The number of aliphatic hydroxyl groups is 1. The highest BCUT2D eigenvalue weighted by atomic mass is 16.3. The molecule has 0 fully saturated rings. The first-order chi connectivity index (χ1) is 5.31. The molecule has 0 aromatic carbocycles. The molecular weight excluding hydrogens is 136 g/mol. The predicted molar refractivity (Wildman–Crippen MR) is 49.8 cm³/mol. The van der Waals surface area contributed by atoms with Crippen LogP contribution in [0.2, 0.25) is 0 Å². The zero-order chi connectivity index (χ0) is 8.53. The number of hydrogen-bond donors (Lipinski definition) is 1. The molecule has 0 radical (unpaired) electrons. The summed E-state index contributed by atoms with van der Waals surface area (Å²) >= 11 is 0. The van der Waals surface area contributed by atoms with Crippen LogP contribution in [0.4, 0.5) is 0 Å². The summed E-state index contributed by atoms with van der Waals surface area (Å²) in [5.74, 6) is 0.543. The monoisotopic (exact) mass is 156 g/mol. The second kappa shape index (κ2) is 7.64. The van der Waals surface area contributed by atoms with Gasteiger partial charge in [-0.1, -0.05) is 33.1 Å². The van der Waals surface area contributed by atoms with Crippen molar-refractivity contribution in [3.63, 3.8) is 0 Å². The van der Waals surface area contributed by atoms with Crippen LogP contribution in [0.3, 0.4) is 0 Å². The fourth-order valence-corrected chi connectivity index (χ4v) is 0.984. The van der Waals surface area contributed by atoms with Crippen molar-refractivity contribution in [3.8, 4) is 0 Å². The van der Waals surface area contributed by atoms with Crippen molar-refractivity contribution in [2.24, 2.45) is 0 Å². The van der Waals surface area contributed by atoms with Crippen molar-refractivity contribution in [3.05, 3.63) is 11.8 Å². The highest BCUT2D eigenvalue weighted by Gasteiger charge is 1.87. The van der Waals surface area contributed by atoms with Gasteiger partial charge in [-0.05, 0) is 18.9 Å². The van der Waals surface area contributed by atoms with E-state index in [1.165, 1.54) is 25.7 Å². The van der Waals surface area contributed by atoms with E-state index in [4.69, 9.17) is 5.11 Å². The Morgan fingerprint density at radius 2 is 1.91 bits per heavy atom. The maximum Gasteiger partial charge on any atom is 0.0880 e. The summed E-state index contributed by atoms with van der Waals surface area (Å²) in [6.07, 6.45) is 8.87. The molecule has 0 bridgehead atoms. The van der Waals surface area contributed by atoms with Gasteiger partial charge in [-0.2, -0.15) is 0 Å². The number of aliphatic hydroxyl groups excluding tert-OH is 1. The molecule has 0 rings (SSSR count). The Kier molecular flexibility index (Phi) is 7.33. The molecule has 0 aromatic heterocycles. The van der Waals surface area contributed by atoms with Crippen molar-refractivity contribution in [2.45, 2.75) is 52.4 Å². The van der Waals surface area contributed by atoms with Crippen LogP contribution >= 0.6 is 0 Å². The van der Waals surface area contributed by atoms with E-state index in [1.807, 2.05) is 13.0 Å². The third-order valence-corrected chi connectivity index (χ3v) is 1.80. The van der Waals surface area contributed by atoms with Gasteiger partial charge >= 0.3 is 0 Å². The van der Waals surface area contributed by atoms with Crippen molar-refractivity contribution in [1.29, 1.82) is 0 Å². The predicted octanol–water partition coefficient (Wildman–Crippen LogP) is 3.81. The van der Waals surface area contributed by atoms with Gasteiger partial charge in [-0.25, -0.2) is 0 Å². The zero-order valence-corrected chi connectivity index (χ0v) is 7.77. The van der Waals surface area contributed by atoms with Gasteiger partial charge in [0.25, 0.3) is 0 Å². The van der Waals surface area contributed by atoms with E-state index in [9.17, 15) is 0 Å². The number of hydrogen-bond acceptors (Lipinski definition) is 1. The van der Waals surface area contributed by atoms with Gasteiger partial charge in [0.2, 0.25) is 0 Å². The van der Waals surface area contributed by atoms with E-state index in [0.29, 0.717) is 5.76 Å². The molecule has 0 aliphatic rings. The largest absolute Gasteiger partial charge is 0.513 e. The van der Waals surface area contributed by atoms with Crippen LogP contribution in [-0.4, -0.2) is 5.11 Å². The van der Waals surface area contributed by atoms with Crippen LogP contribution < -0.4 is 0 Å². The van der Waals surface area contributed by atoms with Gasteiger partial charge in [0.05, 0.1) is 5.76 Å². The highest BCUT2D eigenvalue weighted by Crippen LogP contribution is 2.05. The maximum absolute atomic E-state index is 9.08. The van der Waals surface area contributed by atoms with E-state index in [-0.39, 0.29) is 0 Å². The van der Waals surface area contributed by atoms with E-state index in [2.05, 4.69) is 6.92 Å². The topological polar surface area (TPSA) is 20.2 Å². The first-order valence-corrected chi connectivity index (χ1v) is 4.69. The van der Waals surface area contributed by atoms with Crippen LogP contribution in [-0.2, 0) is 0 Å². The summed E-state index contributed by atoms with van der Waals surface area (Å²) in [6, 6.07) is 0. The third-order valence-electron chi connectivity index (χ3n) is 1.80. The second-order valence-corrected chi connectivity index (χ2v) is 2.90. The minimum atomic E-state index is 0.543. The Hall–Kier alpha value is -0.460. The second-order valence-electron chi connectivity index (χ2n) is 2.90. The standard InChI is InChI=1S/C10H20O/c1-3-5-6-7-8-9-10(11)4-2/h9,11H,3-8H2,1-2H3/b10-9+. The van der Waals surface area contributed by atoms with E-state index >= 15 is 0 Å². The molecule has 0 heterocycles. The van der Waals surface area contributed by atoms with Crippen molar-refractivity contribution in [2.75, 3.05) is 0 Å². The Morgan fingerprint density at radius 1 is 1.18 bits per heavy atom. The molecule has 1 N–H and O–H groups in total. The van der Waals surface area contributed by atoms with E-state index in [1.54, 1.807) is 0 Å². The average molecular weight is 156 g/mol. The molecule has 0 atom stereocenters. The number of allylic oxidation sites excluding steroid dienone is 2. The average Bonchev–Trinajstić information content (AvgIpc) is 2.04. The SMILES string of the molecule is CCCCCC/C=C(/O)CC. The molecule has 66 valence electrons. The molecule has 1 nitrogen and oxygen atoms in total. The van der Waals surface area contributed by atoms with Crippen molar-refractivity contribution >= 4 is 0 Å². The lowest BCUT2D eigenvalue weighted by atomic mass is 10.1. The Balaban J connectivity index is 3.12. The first kappa shape index (κ1) is 10.5. The van der Waals surface area contributed by atoms with E-state index in [0.717, 1.165) is 12.8 Å². The Morgan fingerprint density at radius 3 is 2.45 bits per heavy atom. The summed E-state index contributed by atoms with van der Waals surface area (Å²) in [5.41, 5.74) is 0. The Bertz CT molecular complexity index is 105. The number of unbranched alkanes of at least 4 members (excludes halogenated alkanes) is 4. The van der Waals surface area contributed by atoms with Gasteiger partial charge in [0.15, 0.2) is 0 Å². The smallest absolute Gasteiger partial charge is 0.0880 e. The normalized spacial score (nSPS) is 12.0. The molecule has 1 heteroatoms. The van der Waals surface area contributed by atoms with Crippen LogP contribution in [0.15, 0.2) is 11.8 Å². The van der Waals surface area contributed by atoms with Gasteiger partial charge in [-0.15, -0.1) is 0 Å². The lowest BCUT2D eigenvalue weighted by Crippen LogP contribution is -1.78. The molecule has 0 unspecified atom stereocenters. The molecule has 0 amide bonds. The van der Waals surface area contributed by atoms with Gasteiger partial charge in [0, 0.05) is 6.42 Å². The van der Waals surface area contributed by atoms with Gasteiger partial charge in [0.1, 0.15) is 0 Å². The van der Waals surface area contributed by atoms with Crippen LogP contribution in [0, 0.1) is 0 Å². The van der Waals surface area contributed by atoms with Crippen LogP contribution in [0.25, 0.3) is 0 Å². The first-order valence-electron chi connectivity index (χ1n) is 4.69. The summed E-state index contributed by atoms with van der Waals surface area (Å²) in [6.45, 7) is 4.18. The fourth-order valence-electron chi connectivity index (χ4n) is 0.984. The molecule has 0 saturated carbocycles. The van der Waals surface area contributed by atoms with Gasteiger partial charge in [-0.3, -0.25) is 0 Å². The maximum atomic E-state index is 9.08. The summed E-state index contributed by atoms with van der Waals surface area (Å²) < 4.78 is 0. The molecular formula is C10H20O. The summed E-state index contributed by atoms with van der Waals surface area (Å²) in [4.78, 5) is 0. The molecule has 0 aromatic rings. The lowest BCUT2D eigenvalue weighted by molar-refractivity contribution is 0.391. The van der Waals surface area contributed by atoms with Crippen LogP contribution in [0.1, 0.15) is 52.4 Å². The molecule has 0 saturated heterocycles. The molecule has 0 aliphatic heterocycles. The highest BCUT2D eigenvalue weighted by molar-refractivity contribution is 4.88. The van der Waals surface area contributed by atoms with E-state index < -0.39 is 0 Å². The quantitative estimate of drug-likeness (QED) is 0.458. The summed E-state index contributed by atoms with van der Waals surface area (Å²) in [5, 5.41) is 9.08. The van der Waals surface area contributed by atoms with Crippen LogP contribution in [0.5, 0.6) is 0 Å². The van der Waals surface area contributed by atoms with Gasteiger partial charge < -0.3 is 5.11 Å². The lowest BCUT2D eigenvalue weighted by Gasteiger charge is -1.95. The zero-order valence-electron chi connectivity index (χ0n) is 7.77. The Labute approximate surface area is 70.1 Å². The minimum absolute atomic E-state index is 0.543. The third kappa shape index (κ3) is 7.44. The summed E-state index contributed by atoms with van der Waals surface area (Å²) in [7, 11) is 0. The molecule has 11 heavy (non-hydrogen) atoms. The molecule has 0 aliphatic carbocycles. The minimum Gasteiger partial charge on any atom is -0.513 e. The van der Waals surface area contributed by atoms with Crippen molar-refractivity contribution < 1.29 is 5.11 Å².